The van der Waals surface area contributed by atoms with Crippen LogP contribution in [0.4, 0.5) is 17.6 Å². The van der Waals surface area contributed by atoms with Crippen molar-refractivity contribution in [3.8, 4) is 0 Å². The third-order valence-electron chi connectivity index (χ3n) is 2.20. The molecule has 1 unspecified atom stereocenters. The van der Waals surface area contributed by atoms with Gasteiger partial charge in [-0.1, -0.05) is 12.1 Å². The molecular weight excluding hydrogens is 210 g/mol. The Morgan fingerprint density at radius 3 is 1.73 bits per heavy atom. The number of alkyl halides is 4. The topological polar surface area (TPSA) is 26.0 Å². The Morgan fingerprint density at radius 2 is 1.40 bits per heavy atom. The number of rotatable bonds is 2. The number of halogens is 4. The highest BCUT2D eigenvalue weighted by Gasteiger charge is 2.31. The highest BCUT2D eigenvalue weighted by Crippen LogP contribution is 2.31. The fourth-order valence-corrected chi connectivity index (χ4v) is 1.12. The summed E-state index contributed by atoms with van der Waals surface area (Å²) in [7, 11) is 0. The molecule has 0 bridgehead atoms. The van der Waals surface area contributed by atoms with Crippen LogP contribution in [0.3, 0.4) is 0 Å². The minimum Gasteiger partial charge on any atom is -0.327 e. The second-order valence-electron chi connectivity index (χ2n) is 3.48. The van der Waals surface area contributed by atoms with Gasteiger partial charge in [0.15, 0.2) is 0 Å². The van der Waals surface area contributed by atoms with Gasteiger partial charge in [0.2, 0.25) is 0 Å². The predicted octanol–water partition coefficient (Wildman–Crippen LogP) is 2.85. The van der Waals surface area contributed by atoms with Crippen LogP contribution in [0.2, 0.25) is 0 Å². The fourth-order valence-electron chi connectivity index (χ4n) is 1.12. The molecule has 5 heteroatoms. The lowest BCUT2D eigenvalue weighted by atomic mass is 9.97. The Bertz CT molecular complexity index is 326. The lowest BCUT2D eigenvalue weighted by molar-refractivity contribution is -0.137. The Hall–Kier alpha value is -1.10. The third-order valence-corrected chi connectivity index (χ3v) is 2.20. The summed E-state index contributed by atoms with van der Waals surface area (Å²) < 4.78 is 50.1. The van der Waals surface area contributed by atoms with Gasteiger partial charge >= 0.3 is 6.18 Å². The van der Waals surface area contributed by atoms with E-state index >= 15 is 0 Å². The summed E-state index contributed by atoms with van der Waals surface area (Å²) in [6, 6.07) is 3.91. The van der Waals surface area contributed by atoms with E-state index in [1.54, 1.807) is 0 Å². The molecule has 0 aliphatic carbocycles. The van der Waals surface area contributed by atoms with Gasteiger partial charge in [0.1, 0.15) is 5.67 Å². The molecule has 0 saturated heterocycles. The molecule has 1 aromatic carbocycles. The predicted molar refractivity (Wildman–Crippen MR) is 49.0 cm³/mol. The molecule has 15 heavy (non-hydrogen) atoms. The van der Waals surface area contributed by atoms with Gasteiger partial charge in [-0.15, -0.1) is 0 Å². The molecule has 0 saturated carbocycles. The van der Waals surface area contributed by atoms with E-state index in [0.29, 0.717) is 0 Å². The van der Waals surface area contributed by atoms with Crippen molar-refractivity contribution < 1.29 is 17.6 Å². The summed E-state index contributed by atoms with van der Waals surface area (Å²) in [5, 5.41) is 0. The Morgan fingerprint density at radius 1 is 1.00 bits per heavy atom. The van der Waals surface area contributed by atoms with Gasteiger partial charge in [-0.25, -0.2) is 4.39 Å². The minimum atomic E-state index is -4.39. The van der Waals surface area contributed by atoms with E-state index in [4.69, 9.17) is 5.73 Å². The van der Waals surface area contributed by atoms with Gasteiger partial charge in [0, 0.05) is 6.54 Å². The summed E-state index contributed by atoms with van der Waals surface area (Å²) in [5.41, 5.74) is 2.74. The zero-order chi connectivity index (χ0) is 11.7. The molecule has 1 aromatic rings. The van der Waals surface area contributed by atoms with Gasteiger partial charge in [-0.05, 0) is 24.6 Å². The van der Waals surface area contributed by atoms with Crippen LogP contribution in [-0.2, 0) is 11.8 Å². The second kappa shape index (κ2) is 3.81. The minimum absolute atomic E-state index is 0.151. The summed E-state index contributed by atoms with van der Waals surface area (Å²) in [4.78, 5) is 0. The Balaban J connectivity index is 3.01. The van der Waals surface area contributed by atoms with E-state index in [2.05, 4.69) is 0 Å². The zero-order valence-electron chi connectivity index (χ0n) is 8.11. The first-order chi connectivity index (χ1) is 6.77. The quantitative estimate of drug-likeness (QED) is 0.763. The number of hydrogen-bond donors (Lipinski definition) is 1. The second-order valence-corrected chi connectivity index (χ2v) is 3.48. The molecule has 0 amide bonds. The Kier molecular flexibility index (Phi) is 3.04. The number of benzene rings is 1. The molecule has 1 atom stereocenters. The molecule has 0 aliphatic rings. The van der Waals surface area contributed by atoms with Gasteiger partial charge in [0.25, 0.3) is 0 Å². The van der Waals surface area contributed by atoms with E-state index < -0.39 is 17.4 Å². The molecule has 0 radical (unpaired) electrons. The molecule has 0 fully saturated rings. The molecule has 0 aromatic heterocycles. The maximum absolute atomic E-state index is 13.6. The molecule has 1 nitrogen and oxygen atoms in total. The first-order valence-corrected chi connectivity index (χ1v) is 4.34. The average Bonchev–Trinajstić information content (AvgIpc) is 2.17. The summed E-state index contributed by atoms with van der Waals surface area (Å²) in [6.45, 7) is 0.966. The smallest absolute Gasteiger partial charge is 0.327 e. The van der Waals surface area contributed by atoms with Crippen molar-refractivity contribution in [2.24, 2.45) is 5.73 Å². The summed E-state index contributed by atoms with van der Waals surface area (Å²) >= 11 is 0. The van der Waals surface area contributed by atoms with E-state index in [0.717, 1.165) is 24.3 Å². The lowest BCUT2D eigenvalue weighted by Gasteiger charge is -2.18. The fraction of sp³-hybridized carbons (Fsp3) is 0.400. The van der Waals surface area contributed by atoms with Crippen molar-refractivity contribution in [3.05, 3.63) is 35.4 Å². The molecule has 2 N–H and O–H groups in total. The third kappa shape index (κ3) is 2.68. The normalized spacial score (nSPS) is 16.1. The largest absolute Gasteiger partial charge is 0.416 e. The van der Waals surface area contributed by atoms with Gasteiger partial charge < -0.3 is 5.73 Å². The molecule has 1 rings (SSSR count). The average molecular weight is 221 g/mol. The SMILES string of the molecule is CC(F)(CN)c1ccc(C(F)(F)F)cc1. The monoisotopic (exact) mass is 221 g/mol. The van der Waals surface area contributed by atoms with Gasteiger partial charge in [-0.2, -0.15) is 13.2 Å². The zero-order valence-corrected chi connectivity index (χ0v) is 8.11. The lowest BCUT2D eigenvalue weighted by Crippen LogP contribution is -2.26. The van der Waals surface area contributed by atoms with Crippen LogP contribution >= 0.6 is 0 Å². The molecule has 0 spiro atoms. The summed E-state index contributed by atoms with van der Waals surface area (Å²) in [6.07, 6.45) is -4.39. The first kappa shape index (κ1) is 12.0. The van der Waals surface area contributed by atoms with E-state index in [-0.39, 0.29) is 12.1 Å². The molecule has 0 heterocycles. The molecule has 0 aliphatic heterocycles. The van der Waals surface area contributed by atoms with Crippen molar-refractivity contribution in [3.63, 3.8) is 0 Å². The Labute approximate surface area is 84.9 Å². The van der Waals surface area contributed by atoms with Crippen molar-refractivity contribution in [2.75, 3.05) is 6.54 Å². The standard InChI is InChI=1S/C10H11F4N/c1-9(11,6-15)7-2-4-8(5-3-7)10(12,13)14/h2-5H,6,15H2,1H3. The van der Waals surface area contributed by atoms with Gasteiger partial charge in [0.05, 0.1) is 5.56 Å². The van der Waals surface area contributed by atoms with Crippen LogP contribution in [0.25, 0.3) is 0 Å². The van der Waals surface area contributed by atoms with E-state index in [9.17, 15) is 17.6 Å². The van der Waals surface area contributed by atoms with Crippen LogP contribution < -0.4 is 5.73 Å². The van der Waals surface area contributed by atoms with Crippen molar-refractivity contribution in [2.45, 2.75) is 18.8 Å². The highest BCUT2D eigenvalue weighted by molar-refractivity contribution is 5.28. The van der Waals surface area contributed by atoms with Crippen LogP contribution in [0.15, 0.2) is 24.3 Å². The van der Waals surface area contributed by atoms with Crippen molar-refractivity contribution >= 4 is 0 Å². The molecular formula is C10H11F4N. The summed E-state index contributed by atoms with van der Waals surface area (Å²) in [5.74, 6) is 0. The van der Waals surface area contributed by atoms with E-state index in [1.165, 1.54) is 6.92 Å². The molecule has 84 valence electrons. The number of nitrogens with two attached hydrogens (primary N) is 1. The first-order valence-electron chi connectivity index (χ1n) is 4.34. The maximum atomic E-state index is 13.6. The van der Waals surface area contributed by atoms with Crippen LogP contribution in [0.1, 0.15) is 18.1 Å². The highest BCUT2D eigenvalue weighted by atomic mass is 19.4. The van der Waals surface area contributed by atoms with Crippen LogP contribution in [0, 0.1) is 0 Å². The van der Waals surface area contributed by atoms with Crippen molar-refractivity contribution in [1.29, 1.82) is 0 Å². The van der Waals surface area contributed by atoms with Crippen LogP contribution in [-0.4, -0.2) is 6.54 Å². The van der Waals surface area contributed by atoms with Crippen LogP contribution in [0.5, 0.6) is 0 Å². The van der Waals surface area contributed by atoms with Crippen molar-refractivity contribution in [1.82, 2.24) is 0 Å². The maximum Gasteiger partial charge on any atom is 0.416 e. The number of hydrogen-bond acceptors (Lipinski definition) is 1. The van der Waals surface area contributed by atoms with E-state index in [1.807, 2.05) is 0 Å². The van der Waals surface area contributed by atoms with Gasteiger partial charge in [-0.3, -0.25) is 0 Å².